The molecule has 82 valence electrons. The number of nitro groups is 1. The molecule has 0 radical (unpaired) electrons. The molecule has 0 saturated carbocycles. The van der Waals surface area contributed by atoms with Crippen LogP contribution in [0.5, 0.6) is 0 Å². The number of hydrogen-bond acceptors (Lipinski definition) is 3. The van der Waals surface area contributed by atoms with Crippen LogP contribution in [-0.4, -0.2) is 16.0 Å². The van der Waals surface area contributed by atoms with Gasteiger partial charge in [-0.1, -0.05) is 19.1 Å². The predicted octanol–water partition coefficient (Wildman–Crippen LogP) is 2.21. The van der Waals surface area contributed by atoms with Crippen LogP contribution in [0.25, 0.3) is 0 Å². The number of rotatable bonds is 2. The van der Waals surface area contributed by atoms with Gasteiger partial charge in [0.05, 0.1) is 4.92 Å². The molecule has 15 heavy (non-hydrogen) atoms. The number of nitro benzene ring substituents is 1. The second kappa shape index (κ2) is 6.47. The highest BCUT2D eigenvalue weighted by Crippen LogP contribution is 2.14. The Balaban J connectivity index is 0.000000336. The van der Waals surface area contributed by atoms with Crippen LogP contribution in [0, 0.1) is 15.9 Å². The number of carbonyl (C=O) groups is 1. The van der Waals surface area contributed by atoms with E-state index >= 15 is 0 Å². The lowest BCUT2D eigenvalue weighted by Gasteiger charge is -1.89. The Hall–Kier alpha value is -1.98. The van der Waals surface area contributed by atoms with Crippen molar-refractivity contribution >= 4 is 11.7 Å². The number of aliphatic carboxylic acids is 1. The van der Waals surface area contributed by atoms with Crippen molar-refractivity contribution in [3.63, 3.8) is 0 Å². The van der Waals surface area contributed by atoms with Crippen LogP contribution in [0.2, 0.25) is 0 Å². The van der Waals surface area contributed by atoms with Crippen LogP contribution in [0.4, 0.5) is 10.1 Å². The average molecular weight is 215 g/mol. The largest absolute Gasteiger partial charge is 0.481 e. The summed E-state index contributed by atoms with van der Waals surface area (Å²) >= 11 is 0. The molecule has 0 spiro atoms. The van der Waals surface area contributed by atoms with Gasteiger partial charge in [0.1, 0.15) is 0 Å². The first kappa shape index (κ1) is 13.0. The van der Waals surface area contributed by atoms with E-state index in [4.69, 9.17) is 5.11 Å². The summed E-state index contributed by atoms with van der Waals surface area (Å²) < 4.78 is 12.4. The topological polar surface area (TPSA) is 80.4 Å². The van der Waals surface area contributed by atoms with E-state index in [1.165, 1.54) is 12.1 Å². The van der Waals surface area contributed by atoms with Gasteiger partial charge in [-0.25, -0.2) is 0 Å². The molecule has 0 heterocycles. The summed E-state index contributed by atoms with van der Waals surface area (Å²) in [5.41, 5.74) is -0.484. The molecule has 0 saturated heterocycles. The van der Waals surface area contributed by atoms with Gasteiger partial charge in [0, 0.05) is 12.5 Å². The Morgan fingerprint density at radius 3 is 2.27 bits per heavy atom. The summed E-state index contributed by atoms with van der Waals surface area (Å²) in [4.78, 5) is 18.6. The third kappa shape index (κ3) is 5.35. The van der Waals surface area contributed by atoms with E-state index in [1.807, 2.05) is 0 Å². The van der Waals surface area contributed by atoms with Gasteiger partial charge in [-0.3, -0.25) is 14.9 Å². The third-order valence-electron chi connectivity index (χ3n) is 1.35. The van der Waals surface area contributed by atoms with Crippen LogP contribution >= 0.6 is 0 Å². The molecule has 1 aromatic rings. The summed E-state index contributed by atoms with van der Waals surface area (Å²) in [5.74, 6) is -1.54. The highest BCUT2D eigenvalue weighted by atomic mass is 19.1. The molecular formula is C9H10FNO4. The molecule has 0 amide bonds. The Morgan fingerprint density at radius 2 is 2.00 bits per heavy atom. The number of para-hydroxylation sites is 1. The summed E-state index contributed by atoms with van der Waals surface area (Å²) in [6, 6.07) is 5.00. The maximum atomic E-state index is 12.4. The molecule has 0 atom stereocenters. The maximum absolute atomic E-state index is 12.4. The minimum absolute atomic E-state index is 0.222. The van der Waals surface area contributed by atoms with E-state index in [1.54, 1.807) is 6.92 Å². The van der Waals surface area contributed by atoms with Crippen molar-refractivity contribution in [2.45, 2.75) is 13.3 Å². The predicted molar refractivity (Wildman–Crippen MR) is 51.0 cm³/mol. The number of benzene rings is 1. The number of nitrogens with zero attached hydrogens (tertiary/aromatic N) is 1. The minimum atomic E-state index is -0.799. The van der Waals surface area contributed by atoms with Crippen LogP contribution < -0.4 is 0 Å². The van der Waals surface area contributed by atoms with Gasteiger partial charge in [-0.15, -0.1) is 0 Å². The molecule has 5 nitrogen and oxygen atoms in total. The number of halogens is 1. The van der Waals surface area contributed by atoms with Gasteiger partial charge in [0.25, 0.3) is 0 Å². The van der Waals surface area contributed by atoms with Crippen molar-refractivity contribution < 1.29 is 19.2 Å². The van der Waals surface area contributed by atoms with E-state index in [-0.39, 0.29) is 6.42 Å². The first-order valence-electron chi connectivity index (χ1n) is 4.09. The van der Waals surface area contributed by atoms with E-state index in [2.05, 4.69) is 0 Å². The minimum Gasteiger partial charge on any atom is -0.481 e. The molecule has 0 fully saturated rings. The molecule has 0 aliphatic rings. The summed E-state index contributed by atoms with van der Waals surface area (Å²) in [5, 5.41) is 17.7. The molecule has 1 N–H and O–H groups in total. The molecule has 0 aliphatic heterocycles. The van der Waals surface area contributed by atoms with Crippen LogP contribution in [-0.2, 0) is 4.79 Å². The Morgan fingerprint density at radius 1 is 1.53 bits per heavy atom. The molecule has 0 unspecified atom stereocenters. The van der Waals surface area contributed by atoms with Gasteiger partial charge >= 0.3 is 11.7 Å². The van der Waals surface area contributed by atoms with Crippen LogP contribution in [0.1, 0.15) is 13.3 Å². The quantitative estimate of drug-likeness (QED) is 0.605. The third-order valence-corrected chi connectivity index (χ3v) is 1.35. The fourth-order valence-electron chi connectivity index (χ4n) is 0.600. The molecule has 0 aliphatic carbocycles. The second-order valence-electron chi connectivity index (χ2n) is 2.46. The molecule has 0 bridgehead atoms. The van der Waals surface area contributed by atoms with Gasteiger partial charge in [-0.2, -0.15) is 4.39 Å². The van der Waals surface area contributed by atoms with E-state index in [0.717, 1.165) is 12.1 Å². The van der Waals surface area contributed by atoms with E-state index < -0.39 is 22.4 Å². The van der Waals surface area contributed by atoms with Crippen molar-refractivity contribution in [3.05, 3.63) is 40.2 Å². The Bertz CT molecular complexity index is 354. The first-order chi connectivity index (χ1) is 6.99. The normalized spacial score (nSPS) is 8.67. The summed E-state index contributed by atoms with van der Waals surface area (Å²) in [6.45, 7) is 1.60. The Labute approximate surface area is 85.3 Å². The first-order valence-corrected chi connectivity index (χ1v) is 4.09. The molecule has 1 rings (SSSR count). The lowest BCUT2D eigenvalue weighted by Crippen LogP contribution is -1.90. The fourth-order valence-corrected chi connectivity index (χ4v) is 0.600. The van der Waals surface area contributed by atoms with Crippen molar-refractivity contribution in [2.24, 2.45) is 0 Å². The van der Waals surface area contributed by atoms with Gasteiger partial charge < -0.3 is 5.11 Å². The van der Waals surface area contributed by atoms with Crippen molar-refractivity contribution in [1.82, 2.24) is 0 Å². The highest BCUT2D eigenvalue weighted by molar-refractivity contribution is 5.66. The van der Waals surface area contributed by atoms with E-state index in [0.29, 0.717) is 0 Å². The fraction of sp³-hybridized carbons (Fsp3) is 0.222. The molecule has 0 aromatic heterocycles. The van der Waals surface area contributed by atoms with Crippen molar-refractivity contribution in [3.8, 4) is 0 Å². The smallest absolute Gasteiger partial charge is 0.304 e. The lowest BCUT2D eigenvalue weighted by molar-refractivity contribution is -0.387. The zero-order chi connectivity index (χ0) is 11.8. The molecule has 6 heteroatoms. The summed E-state index contributed by atoms with van der Waals surface area (Å²) in [6.07, 6.45) is 0.222. The lowest BCUT2D eigenvalue weighted by atomic mass is 10.3. The maximum Gasteiger partial charge on any atom is 0.304 e. The summed E-state index contributed by atoms with van der Waals surface area (Å²) in [7, 11) is 0. The van der Waals surface area contributed by atoms with Gasteiger partial charge in [0.15, 0.2) is 0 Å². The molecular weight excluding hydrogens is 205 g/mol. The standard InChI is InChI=1S/C6H4FNO2.C3H6O2/c7-5-3-1-2-4-6(5)8(9)10;1-2-3(4)5/h1-4H;2H2,1H3,(H,4,5). The Kier molecular flexibility index (Phi) is 5.62. The number of hydrogen-bond donors (Lipinski definition) is 1. The zero-order valence-corrected chi connectivity index (χ0v) is 8.01. The monoisotopic (exact) mass is 215 g/mol. The zero-order valence-electron chi connectivity index (χ0n) is 8.01. The van der Waals surface area contributed by atoms with E-state index in [9.17, 15) is 19.3 Å². The SMILES string of the molecule is CCC(=O)O.O=[N+]([O-])c1ccccc1F. The van der Waals surface area contributed by atoms with Crippen molar-refractivity contribution in [1.29, 1.82) is 0 Å². The second-order valence-corrected chi connectivity index (χ2v) is 2.46. The van der Waals surface area contributed by atoms with Crippen molar-refractivity contribution in [2.75, 3.05) is 0 Å². The average Bonchev–Trinajstić information content (AvgIpc) is 2.19. The van der Waals surface area contributed by atoms with Gasteiger partial charge in [0.2, 0.25) is 5.82 Å². The highest BCUT2D eigenvalue weighted by Gasteiger charge is 2.10. The molecule has 1 aromatic carbocycles. The number of carboxylic acids is 1. The van der Waals surface area contributed by atoms with Crippen LogP contribution in [0.3, 0.4) is 0 Å². The van der Waals surface area contributed by atoms with Gasteiger partial charge in [-0.05, 0) is 6.07 Å². The number of carboxylic acid groups (broad SMARTS) is 1. The van der Waals surface area contributed by atoms with Crippen LogP contribution in [0.15, 0.2) is 24.3 Å².